The molecular formula is C19H18N2O3. The minimum atomic E-state index is -0.574. The van der Waals surface area contributed by atoms with E-state index in [4.69, 9.17) is 4.74 Å². The van der Waals surface area contributed by atoms with Crippen molar-refractivity contribution in [1.82, 2.24) is 9.78 Å². The summed E-state index contributed by atoms with van der Waals surface area (Å²) in [6.07, 6.45) is 0. The van der Waals surface area contributed by atoms with Crippen LogP contribution in [0.4, 0.5) is 0 Å². The molecule has 1 aromatic heterocycles. The van der Waals surface area contributed by atoms with Crippen LogP contribution in [0.2, 0.25) is 0 Å². The number of carbonyl (C=O) groups is 1. The third-order valence-electron chi connectivity index (χ3n) is 4.12. The summed E-state index contributed by atoms with van der Waals surface area (Å²) in [6.45, 7) is 5.83. The largest absolute Gasteiger partial charge is 0.421 e. The Bertz CT molecular complexity index is 1020. The average Bonchev–Trinajstić information content (AvgIpc) is 2.55. The number of aromatic nitrogens is 2. The summed E-state index contributed by atoms with van der Waals surface area (Å²) in [5.74, 6) is -0.0628. The first-order chi connectivity index (χ1) is 11.4. The molecule has 0 fully saturated rings. The molecular weight excluding hydrogens is 304 g/mol. The number of esters is 1. The molecule has 0 saturated carbocycles. The third kappa shape index (κ3) is 2.69. The van der Waals surface area contributed by atoms with Crippen molar-refractivity contribution in [2.45, 2.75) is 20.8 Å². The molecule has 0 spiro atoms. The van der Waals surface area contributed by atoms with Gasteiger partial charge in [0.25, 0.3) is 5.56 Å². The summed E-state index contributed by atoms with van der Waals surface area (Å²) < 4.78 is 6.74. The SMILES string of the molecule is Cc1cc(C)c(C)c(OC(=O)c2nn(C)c(=O)c3ccccc23)c1. The first-order valence-corrected chi connectivity index (χ1v) is 7.64. The molecule has 0 amide bonds. The van der Waals surface area contributed by atoms with Crippen LogP contribution >= 0.6 is 0 Å². The zero-order valence-corrected chi connectivity index (χ0v) is 14.1. The first-order valence-electron chi connectivity index (χ1n) is 7.64. The van der Waals surface area contributed by atoms with Crippen molar-refractivity contribution in [2.24, 2.45) is 7.05 Å². The normalized spacial score (nSPS) is 10.8. The fourth-order valence-electron chi connectivity index (χ4n) is 2.71. The van der Waals surface area contributed by atoms with Crippen molar-refractivity contribution in [1.29, 1.82) is 0 Å². The zero-order valence-electron chi connectivity index (χ0n) is 14.1. The van der Waals surface area contributed by atoms with Crippen LogP contribution in [0.5, 0.6) is 5.75 Å². The van der Waals surface area contributed by atoms with Crippen LogP contribution in [-0.4, -0.2) is 15.7 Å². The van der Waals surface area contributed by atoms with Crippen molar-refractivity contribution >= 4 is 16.7 Å². The highest BCUT2D eigenvalue weighted by atomic mass is 16.5. The molecule has 3 rings (SSSR count). The third-order valence-corrected chi connectivity index (χ3v) is 4.12. The molecule has 122 valence electrons. The van der Waals surface area contributed by atoms with Gasteiger partial charge in [0.1, 0.15) is 5.75 Å². The monoisotopic (exact) mass is 322 g/mol. The summed E-state index contributed by atoms with van der Waals surface area (Å²) in [6, 6.07) is 10.8. The standard InChI is InChI=1S/C19H18N2O3/c1-11-9-12(2)13(3)16(10-11)24-19(23)17-14-7-5-6-8-15(14)18(22)21(4)20-17/h5-10H,1-4H3. The van der Waals surface area contributed by atoms with Crippen LogP contribution in [0, 0.1) is 20.8 Å². The second-order valence-electron chi connectivity index (χ2n) is 5.92. The number of benzene rings is 2. The fourth-order valence-corrected chi connectivity index (χ4v) is 2.71. The van der Waals surface area contributed by atoms with E-state index >= 15 is 0 Å². The van der Waals surface area contributed by atoms with Crippen LogP contribution in [0.25, 0.3) is 10.8 Å². The molecule has 0 N–H and O–H groups in total. The summed E-state index contributed by atoms with van der Waals surface area (Å²) >= 11 is 0. The van der Waals surface area contributed by atoms with E-state index in [0.717, 1.165) is 21.4 Å². The van der Waals surface area contributed by atoms with Gasteiger partial charge in [0.15, 0.2) is 5.69 Å². The molecule has 0 unspecified atom stereocenters. The van der Waals surface area contributed by atoms with Crippen molar-refractivity contribution in [2.75, 3.05) is 0 Å². The van der Waals surface area contributed by atoms with E-state index in [-0.39, 0.29) is 11.3 Å². The molecule has 5 nitrogen and oxygen atoms in total. The highest BCUT2D eigenvalue weighted by Crippen LogP contribution is 2.25. The zero-order chi connectivity index (χ0) is 17.4. The number of nitrogens with zero attached hydrogens (tertiary/aromatic N) is 2. The Balaban J connectivity index is 2.11. The predicted octanol–water partition coefficient (Wildman–Crippen LogP) is 3.08. The maximum Gasteiger partial charge on any atom is 0.364 e. The van der Waals surface area contributed by atoms with Crippen molar-refractivity contribution in [3.63, 3.8) is 0 Å². The lowest BCUT2D eigenvalue weighted by Gasteiger charge is -2.12. The van der Waals surface area contributed by atoms with E-state index in [1.54, 1.807) is 24.3 Å². The van der Waals surface area contributed by atoms with Gasteiger partial charge in [0.2, 0.25) is 0 Å². The molecule has 0 radical (unpaired) electrons. The van der Waals surface area contributed by atoms with Gasteiger partial charge >= 0.3 is 5.97 Å². The van der Waals surface area contributed by atoms with Gasteiger partial charge in [-0.3, -0.25) is 4.79 Å². The van der Waals surface area contributed by atoms with Crippen LogP contribution < -0.4 is 10.3 Å². The van der Waals surface area contributed by atoms with Gasteiger partial charge < -0.3 is 4.74 Å². The Hall–Kier alpha value is -2.95. The van der Waals surface area contributed by atoms with E-state index in [2.05, 4.69) is 5.10 Å². The first kappa shape index (κ1) is 15.9. The highest BCUT2D eigenvalue weighted by Gasteiger charge is 2.19. The van der Waals surface area contributed by atoms with E-state index in [9.17, 15) is 9.59 Å². The Labute approximate surface area is 139 Å². The van der Waals surface area contributed by atoms with E-state index < -0.39 is 5.97 Å². The molecule has 2 aromatic carbocycles. The molecule has 0 aliphatic heterocycles. The second kappa shape index (κ2) is 5.92. The van der Waals surface area contributed by atoms with Crippen molar-refractivity contribution < 1.29 is 9.53 Å². The molecule has 0 bridgehead atoms. The lowest BCUT2D eigenvalue weighted by Crippen LogP contribution is -2.24. The predicted molar refractivity (Wildman–Crippen MR) is 92.6 cm³/mol. The van der Waals surface area contributed by atoms with Crippen LogP contribution in [-0.2, 0) is 7.05 Å². The fraction of sp³-hybridized carbons (Fsp3) is 0.211. The number of aryl methyl sites for hydroxylation is 3. The maximum atomic E-state index is 12.7. The van der Waals surface area contributed by atoms with Crippen LogP contribution in [0.3, 0.4) is 0 Å². The van der Waals surface area contributed by atoms with E-state index in [1.807, 2.05) is 32.9 Å². The Morgan fingerprint density at radius 2 is 1.75 bits per heavy atom. The van der Waals surface area contributed by atoms with Gasteiger partial charge in [-0.25, -0.2) is 9.48 Å². The number of rotatable bonds is 2. The van der Waals surface area contributed by atoms with Crippen LogP contribution in [0.1, 0.15) is 27.2 Å². The van der Waals surface area contributed by atoms with Crippen molar-refractivity contribution in [3.8, 4) is 5.75 Å². The van der Waals surface area contributed by atoms with E-state index in [1.165, 1.54) is 7.05 Å². The number of ether oxygens (including phenoxy) is 1. The lowest BCUT2D eigenvalue weighted by atomic mass is 10.1. The average molecular weight is 322 g/mol. The molecule has 1 heterocycles. The number of hydrogen-bond donors (Lipinski definition) is 0. The van der Waals surface area contributed by atoms with Gasteiger partial charge in [-0.1, -0.05) is 24.3 Å². The Morgan fingerprint density at radius 3 is 2.46 bits per heavy atom. The molecule has 5 heteroatoms. The van der Waals surface area contributed by atoms with Gasteiger partial charge in [-0.15, -0.1) is 0 Å². The van der Waals surface area contributed by atoms with Gasteiger partial charge in [0.05, 0.1) is 5.39 Å². The smallest absolute Gasteiger partial charge is 0.364 e. The number of hydrogen-bond acceptors (Lipinski definition) is 4. The topological polar surface area (TPSA) is 61.2 Å². The Kier molecular flexibility index (Phi) is 3.93. The summed E-state index contributed by atoms with van der Waals surface area (Å²) in [4.78, 5) is 24.8. The van der Waals surface area contributed by atoms with E-state index in [0.29, 0.717) is 16.5 Å². The molecule has 0 aliphatic carbocycles. The summed E-state index contributed by atoms with van der Waals surface area (Å²) in [5, 5.41) is 5.04. The minimum Gasteiger partial charge on any atom is -0.421 e. The molecule has 24 heavy (non-hydrogen) atoms. The molecule has 0 aliphatic rings. The highest BCUT2D eigenvalue weighted by molar-refractivity contribution is 6.02. The van der Waals surface area contributed by atoms with Gasteiger partial charge in [0, 0.05) is 12.4 Å². The van der Waals surface area contributed by atoms with Crippen molar-refractivity contribution in [3.05, 3.63) is 69.1 Å². The maximum absolute atomic E-state index is 12.7. The molecule has 0 saturated heterocycles. The summed E-state index contributed by atoms with van der Waals surface area (Å²) in [7, 11) is 1.52. The number of carbonyl (C=O) groups excluding carboxylic acids is 1. The quantitative estimate of drug-likeness (QED) is 0.537. The molecule has 0 atom stereocenters. The van der Waals surface area contributed by atoms with Crippen LogP contribution in [0.15, 0.2) is 41.2 Å². The lowest BCUT2D eigenvalue weighted by molar-refractivity contribution is 0.0727. The van der Waals surface area contributed by atoms with Gasteiger partial charge in [-0.05, 0) is 49.6 Å². The number of fused-ring (bicyclic) bond motifs is 1. The second-order valence-corrected chi connectivity index (χ2v) is 5.92. The minimum absolute atomic E-state index is 0.131. The summed E-state index contributed by atoms with van der Waals surface area (Å²) in [5.41, 5.74) is 2.86. The molecule has 3 aromatic rings. The Morgan fingerprint density at radius 1 is 1.08 bits per heavy atom. The van der Waals surface area contributed by atoms with Gasteiger partial charge in [-0.2, -0.15) is 5.10 Å².